The molecule has 0 fully saturated rings. The molecule has 2 aromatic carbocycles. The molecule has 5 nitrogen and oxygen atoms in total. The number of hydrazone groups is 1. The average Bonchev–Trinajstić information content (AvgIpc) is 2.66. The molecule has 0 aliphatic heterocycles. The molecular weight excluding hydrogens is 316 g/mol. The Hall–Kier alpha value is -3.08. The number of rotatable bonds is 9. The van der Waals surface area contributed by atoms with E-state index in [9.17, 15) is 4.79 Å². The third-order valence-corrected chi connectivity index (χ3v) is 3.23. The quantitative estimate of drug-likeness (QED) is 0.430. The van der Waals surface area contributed by atoms with Crippen LogP contribution in [0.1, 0.15) is 29.3 Å². The zero-order chi connectivity index (χ0) is 17.9. The van der Waals surface area contributed by atoms with Crippen LogP contribution in [0.15, 0.2) is 66.3 Å². The zero-order valence-electron chi connectivity index (χ0n) is 14.3. The molecule has 0 aliphatic rings. The van der Waals surface area contributed by atoms with Crippen molar-refractivity contribution in [2.24, 2.45) is 5.10 Å². The summed E-state index contributed by atoms with van der Waals surface area (Å²) in [5, 5.41) is 4.00. The van der Waals surface area contributed by atoms with Crippen molar-refractivity contribution < 1.29 is 14.3 Å². The predicted molar refractivity (Wildman–Crippen MR) is 99.4 cm³/mol. The van der Waals surface area contributed by atoms with Crippen molar-refractivity contribution in [1.82, 2.24) is 5.43 Å². The first-order valence-electron chi connectivity index (χ1n) is 8.13. The number of nitrogens with zero attached hydrogens (tertiary/aromatic N) is 1. The normalized spacial score (nSPS) is 10.4. The number of ether oxygens (including phenoxy) is 2. The molecule has 130 valence electrons. The highest BCUT2D eigenvalue weighted by Crippen LogP contribution is 2.16. The first kappa shape index (κ1) is 18.3. The fourth-order valence-corrected chi connectivity index (χ4v) is 2.01. The number of carbonyl (C=O) groups excluding carboxylic acids is 1. The van der Waals surface area contributed by atoms with Gasteiger partial charge in [0.1, 0.15) is 18.1 Å². The third kappa shape index (κ3) is 5.80. The molecule has 0 bridgehead atoms. The fraction of sp³-hybridized carbons (Fsp3) is 0.200. The van der Waals surface area contributed by atoms with E-state index in [2.05, 4.69) is 17.1 Å². The Morgan fingerprint density at radius 2 is 1.92 bits per heavy atom. The molecule has 0 aliphatic carbocycles. The number of hydrogen-bond donors (Lipinski definition) is 1. The molecule has 0 saturated carbocycles. The maximum absolute atomic E-state index is 12.1. The van der Waals surface area contributed by atoms with Crippen molar-refractivity contribution >= 4 is 12.1 Å². The van der Waals surface area contributed by atoms with Crippen molar-refractivity contribution in [3.8, 4) is 11.5 Å². The first-order chi connectivity index (χ1) is 12.2. The van der Waals surface area contributed by atoms with E-state index in [1.807, 2.05) is 31.2 Å². The number of benzene rings is 2. The Morgan fingerprint density at radius 3 is 2.64 bits per heavy atom. The third-order valence-electron chi connectivity index (χ3n) is 3.23. The van der Waals surface area contributed by atoms with Crippen LogP contribution in [0, 0.1) is 0 Å². The average molecular weight is 338 g/mol. The summed E-state index contributed by atoms with van der Waals surface area (Å²) < 4.78 is 11.0. The van der Waals surface area contributed by atoms with Crippen molar-refractivity contribution in [2.45, 2.75) is 13.3 Å². The molecule has 1 N–H and O–H groups in total. The smallest absolute Gasteiger partial charge is 0.271 e. The molecule has 0 spiro atoms. The van der Waals surface area contributed by atoms with Gasteiger partial charge in [0.15, 0.2) is 0 Å². The molecular formula is C20H22N2O3. The highest BCUT2D eigenvalue weighted by atomic mass is 16.5. The summed E-state index contributed by atoms with van der Waals surface area (Å²) >= 11 is 0. The fourth-order valence-electron chi connectivity index (χ4n) is 2.01. The summed E-state index contributed by atoms with van der Waals surface area (Å²) in [4.78, 5) is 12.1. The summed E-state index contributed by atoms with van der Waals surface area (Å²) in [6.45, 7) is 6.73. The molecule has 0 unspecified atom stereocenters. The van der Waals surface area contributed by atoms with Crippen LogP contribution in [-0.4, -0.2) is 25.3 Å². The number of hydrogen-bond acceptors (Lipinski definition) is 4. The van der Waals surface area contributed by atoms with Gasteiger partial charge in [-0.1, -0.05) is 31.7 Å². The van der Waals surface area contributed by atoms with Crippen molar-refractivity contribution in [1.29, 1.82) is 0 Å². The van der Waals surface area contributed by atoms with Crippen LogP contribution in [0.3, 0.4) is 0 Å². The van der Waals surface area contributed by atoms with Gasteiger partial charge in [-0.15, -0.1) is 0 Å². The van der Waals surface area contributed by atoms with Gasteiger partial charge in [-0.25, -0.2) is 5.43 Å². The molecule has 0 aromatic heterocycles. The Labute approximate surface area is 148 Å². The van der Waals surface area contributed by atoms with Crippen LogP contribution in [0.5, 0.6) is 11.5 Å². The van der Waals surface area contributed by atoms with Gasteiger partial charge in [0.2, 0.25) is 0 Å². The zero-order valence-corrected chi connectivity index (χ0v) is 14.3. The Kier molecular flexibility index (Phi) is 7.25. The van der Waals surface area contributed by atoms with E-state index in [1.165, 1.54) is 0 Å². The van der Waals surface area contributed by atoms with Crippen molar-refractivity contribution in [3.63, 3.8) is 0 Å². The van der Waals surface area contributed by atoms with E-state index in [0.29, 0.717) is 24.5 Å². The lowest BCUT2D eigenvalue weighted by Gasteiger charge is -2.06. The van der Waals surface area contributed by atoms with Crippen molar-refractivity contribution in [3.05, 3.63) is 72.3 Å². The first-order valence-corrected chi connectivity index (χ1v) is 8.13. The van der Waals surface area contributed by atoms with E-state index >= 15 is 0 Å². The second-order valence-electron chi connectivity index (χ2n) is 5.21. The molecule has 0 atom stereocenters. The molecule has 2 rings (SSSR count). The van der Waals surface area contributed by atoms with Gasteiger partial charge in [-0.2, -0.15) is 5.10 Å². The van der Waals surface area contributed by atoms with Gasteiger partial charge >= 0.3 is 0 Å². The van der Waals surface area contributed by atoms with Gasteiger partial charge in [-0.3, -0.25) is 4.79 Å². The lowest BCUT2D eigenvalue weighted by atomic mass is 10.2. The molecule has 25 heavy (non-hydrogen) atoms. The minimum absolute atomic E-state index is 0.289. The maximum Gasteiger partial charge on any atom is 0.271 e. The second-order valence-corrected chi connectivity index (χ2v) is 5.21. The van der Waals surface area contributed by atoms with E-state index in [-0.39, 0.29) is 5.91 Å². The van der Waals surface area contributed by atoms with Gasteiger partial charge in [0.05, 0.1) is 12.8 Å². The lowest BCUT2D eigenvalue weighted by Crippen LogP contribution is -2.17. The predicted octanol–water partition coefficient (Wildman–Crippen LogP) is 3.80. The van der Waals surface area contributed by atoms with E-state index in [4.69, 9.17) is 9.47 Å². The topological polar surface area (TPSA) is 59.9 Å². The lowest BCUT2D eigenvalue weighted by molar-refractivity contribution is 0.0955. The van der Waals surface area contributed by atoms with Crippen LogP contribution < -0.4 is 14.9 Å². The summed E-state index contributed by atoms with van der Waals surface area (Å²) in [5.41, 5.74) is 3.79. The number of amides is 1. The van der Waals surface area contributed by atoms with Gasteiger partial charge in [-0.05, 0) is 42.8 Å². The minimum Gasteiger partial charge on any atom is -0.494 e. The Balaban J connectivity index is 1.95. The van der Waals surface area contributed by atoms with Crippen LogP contribution in [-0.2, 0) is 0 Å². The summed E-state index contributed by atoms with van der Waals surface area (Å²) in [5.74, 6) is 1.14. The largest absolute Gasteiger partial charge is 0.494 e. The maximum atomic E-state index is 12.1. The highest BCUT2D eigenvalue weighted by Gasteiger charge is 2.05. The minimum atomic E-state index is -0.289. The molecule has 5 heteroatoms. The van der Waals surface area contributed by atoms with Crippen LogP contribution in [0.25, 0.3) is 0 Å². The number of carbonyl (C=O) groups is 1. The molecule has 0 heterocycles. The summed E-state index contributed by atoms with van der Waals surface area (Å²) in [6, 6.07) is 14.4. The highest BCUT2D eigenvalue weighted by molar-refractivity contribution is 5.95. The Bertz CT molecular complexity index is 724. The molecule has 2 aromatic rings. The van der Waals surface area contributed by atoms with Crippen LogP contribution >= 0.6 is 0 Å². The van der Waals surface area contributed by atoms with Gasteiger partial charge in [0, 0.05) is 11.1 Å². The molecule has 0 radical (unpaired) electrons. The van der Waals surface area contributed by atoms with Gasteiger partial charge in [0.25, 0.3) is 5.91 Å². The summed E-state index contributed by atoms with van der Waals surface area (Å²) in [7, 11) is 0. The number of nitrogens with one attached hydrogen (secondary N) is 1. The SMILES string of the molecule is C=CCOc1ccccc1/C=N\NC(=O)c1ccc(OCCC)cc1. The standard InChI is InChI=1S/C20H22N2O3/c1-3-13-24-18-11-9-16(10-12-18)20(23)22-21-15-17-7-5-6-8-19(17)25-14-4-2/h4-12,15H,2-3,13-14H2,1H3,(H,22,23)/b21-15-. The second kappa shape index (κ2) is 9.93. The van der Waals surface area contributed by atoms with E-state index in [0.717, 1.165) is 17.7 Å². The molecule has 1 amide bonds. The van der Waals surface area contributed by atoms with Crippen molar-refractivity contribution in [2.75, 3.05) is 13.2 Å². The Morgan fingerprint density at radius 1 is 1.16 bits per heavy atom. The summed E-state index contributed by atoms with van der Waals surface area (Å²) in [6.07, 6.45) is 4.16. The van der Waals surface area contributed by atoms with Gasteiger partial charge < -0.3 is 9.47 Å². The number of para-hydroxylation sites is 1. The monoisotopic (exact) mass is 338 g/mol. The van der Waals surface area contributed by atoms with Crippen LogP contribution in [0.2, 0.25) is 0 Å². The van der Waals surface area contributed by atoms with Crippen LogP contribution in [0.4, 0.5) is 0 Å². The molecule has 0 saturated heterocycles. The van der Waals surface area contributed by atoms with E-state index in [1.54, 1.807) is 36.6 Å². The van der Waals surface area contributed by atoms with E-state index < -0.39 is 0 Å².